The van der Waals surface area contributed by atoms with Gasteiger partial charge in [0.1, 0.15) is 25.6 Å². The summed E-state index contributed by atoms with van der Waals surface area (Å²) in [5, 5.41) is 2.99. The first-order valence-electron chi connectivity index (χ1n) is 11.4. The van der Waals surface area contributed by atoms with E-state index in [1.54, 1.807) is 24.3 Å². The van der Waals surface area contributed by atoms with Crippen LogP contribution in [0.15, 0.2) is 65.6 Å². The van der Waals surface area contributed by atoms with Crippen molar-refractivity contribution in [1.82, 2.24) is 4.57 Å². The summed E-state index contributed by atoms with van der Waals surface area (Å²) in [4.78, 5) is 39.6. The molecule has 1 aromatic heterocycles. The number of anilines is 1. The normalized spacial score (nSPS) is 13.4. The zero-order valence-corrected chi connectivity index (χ0v) is 19.3. The molecular weight excluding hydrogens is 483 g/mol. The van der Waals surface area contributed by atoms with E-state index in [0.29, 0.717) is 47.4 Å². The molecular formula is C27H19FN2O7. The average Bonchev–Trinajstić information content (AvgIpc) is 3.37. The van der Waals surface area contributed by atoms with Crippen molar-refractivity contribution in [2.24, 2.45) is 0 Å². The number of pyridine rings is 1. The van der Waals surface area contributed by atoms with Crippen molar-refractivity contribution in [3.63, 3.8) is 0 Å². The van der Waals surface area contributed by atoms with E-state index in [0.717, 1.165) is 12.1 Å². The fourth-order valence-electron chi connectivity index (χ4n) is 4.31. The molecule has 0 radical (unpaired) electrons. The van der Waals surface area contributed by atoms with Gasteiger partial charge in [-0.05, 0) is 42.5 Å². The van der Waals surface area contributed by atoms with Gasteiger partial charge in [0.15, 0.2) is 28.8 Å². The molecule has 3 heterocycles. The SMILES string of the molecule is O=C(Cn1cc(C(=O)c2ccc(F)cc2)c(=O)c2cc3c(cc21)OCO3)Nc1ccc2c(c1)OCCO2. The lowest BCUT2D eigenvalue weighted by Crippen LogP contribution is -2.24. The molecule has 0 aliphatic carbocycles. The molecule has 0 saturated carbocycles. The van der Waals surface area contributed by atoms with E-state index in [4.69, 9.17) is 18.9 Å². The van der Waals surface area contributed by atoms with E-state index in [2.05, 4.69) is 5.32 Å². The number of hydrogen-bond donors (Lipinski definition) is 1. The number of benzene rings is 3. The minimum atomic E-state index is -0.592. The molecule has 37 heavy (non-hydrogen) atoms. The fraction of sp³-hybridized carbons (Fsp3) is 0.148. The highest BCUT2D eigenvalue weighted by atomic mass is 19.1. The first-order valence-corrected chi connectivity index (χ1v) is 11.4. The smallest absolute Gasteiger partial charge is 0.244 e. The van der Waals surface area contributed by atoms with Crippen LogP contribution in [0.1, 0.15) is 15.9 Å². The highest BCUT2D eigenvalue weighted by molar-refractivity contribution is 6.10. The molecule has 6 rings (SSSR count). The van der Waals surface area contributed by atoms with Crippen LogP contribution in [-0.4, -0.2) is 36.3 Å². The maximum atomic E-state index is 13.4. The van der Waals surface area contributed by atoms with Gasteiger partial charge in [-0.15, -0.1) is 0 Å². The molecule has 0 atom stereocenters. The predicted molar refractivity (Wildman–Crippen MR) is 130 cm³/mol. The molecule has 2 aliphatic heterocycles. The molecule has 0 unspecified atom stereocenters. The Morgan fingerprint density at radius 1 is 0.865 bits per heavy atom. The van der Waals surface area contributed by atoms with Gasteiger partial charge in [0.2, 0.25) is 18.1 Å². The number of rotatable bonds is 5. The number of hydrogen-bond acceptors (Lipinski definition) is 7. The summed E-state index contributed by atoms with van der Waals surface area (Å²) in [7, 11) is 0. The van der Waals surface area contributed by atoms with E-state index in [-0.39, 0.29) is 29.9 Å². The number of nitrogens with zero attached hydrogens (tertiary/aromatic N) is 1. The highest BCUT2D eigenvalue weighted by Gasteiger charge is 2.23. The number of nitrogens with one attached hydrogen (secondary N) is 1. The zero-order chi connectivity index (χ0) is 25.5. The van der Waals surface area contributed by atoms with Crippen LogP contribution in [0.3, 0.4) is 0 Å². The van der Waals surface area contributed by atoms with E-state index >= 15 is 0 Å². The van der Waals surface area contributed by atoms with Crippen LogP contribution in [0.4, 0.5) is 10.1 Å². The monoisotopic (exact) mass is 502 g/mol. The second kappa shape index (κ2) is 8.98. The van der Waals surface area contributed by atoms with Crippen LogP contribution in [0, 0.1) is 5.82 Å². The van der Waals surface area contributed by atoms with Gasteiger partial charge in [0.05, 0.1) is 16.5 Å². The van der Waals surface area contributed by atoms with Crippen LogP contribution in [-0.2, 0) is 11.3 Å². The fourth-order valence-corrected chi connectivity index (χ4v) is 4.31. The molecule has 0 fully saturated rings. The number of carbonyl (C=O) groups excluding carboxylic acids is 2. The van der Waals surface area contributed by atoms with Gasteiger partial charge in [0, 0.05) is 29.6 Å². The molecule has 0 bridgehead atoms. The Bertz CT molecular complexity index is 1630. The van der Waals surface area contributed by atoms with Crippen molar-refractivity contribution in [2.45, 2.75) is 6.54 Å². The lowest BCUT2D eigenvalue weighted by Gasteiger charge is -2.19. The third-order valence-corrected chi connectivity index (χ3v) is 6.07. The van der Waals surface area contributed by atoms with Gasteiger partial charge in [0.25, 0.3) is 0 Å². The molecule has 9 nitrogen and oxygen atoms in total. The molecule has 10 heteroatoms. The lowest BCUT2D eigenvalue weighted by atomic mass is 10.0. The van der Waals surface area contributed by atoms with Crippen LogP contribution in [0.2, 0.25) is 0 Å². The number of aromatic nitrogens is 1. The summed E-state index contributed by atoms with van der Waals surface area (Å²) < 4.78 is 36.8. The first kappa shape index (κ1) is 22.6. The molecule has 1 N–H and O–H groups in total. The van der Waals surface area contributed by atoms with Gasteiger partial charge in [-0.2, -0.15) is 0 Å². The predicted octanol–water partition coefficient (Wildman–Crippen LogP) is 3.51. The first-order chi connectivity index (χ1) is 18.0. The second-order valence-electron chi connectivity index (χ2n) is 8.47. The Morgan fingerprint density at radius 3 is 2.35 bits per heavy atom. The van der Waals surface area contributed by atoms with Gasteiger partial charge < -0.3 is 28.8 Å². The van der Waals surface area contributed by atoms with Crippen molar-refractivity contribution >= 4 is 28.3 Å². The van der Waals surface area contributed by atoms with Gasteiger partial charge in [-0.25, -0.2) is 4.39 Å². The summed E-state index contributed by atoms with van der Waals surface area (Å²) in [6.07, 6.45) is 1.34. The zero-order valence-electron chi connectivity index (χ0n) is 19.3. The summed E-state index contributed by atoms with van der Waals surface area (Å²) in [5.41, 5.74) is 0.337. The van der Waals surface area contributed by atoms with E-state index < -0.39 is 22.9 Å². The molecule has 1 amide bonds. The molecule has 0 saturated heterocycles. The van der Waals surface area contributed by atoms with Crippen molar-refractivity contribution < 1.29 is 32.9 Å². The summed E-state index contributed by atoms with van der Waals surface area (Å²) in [6, 6.07) is 13.1. The number of fused-ring (bicyclic) bond motifs is 3. The molecule has 186 valence electrons. The maximum Gasteiger partial charge on any atom is 0.244 e. The molecule has 0 spiro atoms. The standard InChI is InChI=1S/C27H19FN2O7/c28-16-3-1-15(2-4-16)26(32)19-12-30(20-11-24-23(36-14-37-24)10-18(20)27(19)33)13-25(31)29-17-5-6-21-22(9-17)35-8-7-34-21/h1-6,9-12H,7-8,13-14H2,(H,29,31). The van der Waals surface area contributed by atoms with Gasteiger partial charge in [-0.1, -0.05) is 0 Å². The highest BCUT2D eigenvalue weighted by Crippen LogP contribution is 2.36. The Hall–Kier alpha value is -4.86. The quantitative estimate of drug-likeness (QED) is 0.417. The van der Waals surface area contributed by atoms with Crippen molar-refractivity contribution in [3.8, 4) is 23.0 Å². The van der Waals surface area contributed by atoms with E-state index in [1.807, 2.05) is 0 Å². The minimum Gasteiger partial charge on any atom is -0.486 e. The van der Waals surface area contributed by atoms with Gasteiger partial charge >= 0.3 is 0 Å². The van der Waals surface area contributed by atoms with Crippen LogP contribution >= 0.6 is 0 Å². The Morgan fingerprint density at radius 2 is 1.57 bits per heavy atom. The number of ketones is 1. The van der Waals surface area contributed by atoms with E-state index in [9.17, 15) is 18.8 Å². The topological polar surface area (TPSA) is 105 Å². The minimum absolute atomic E-state index is 0.00812. The molecule has 4 aromatic rings. The Kier molecular flexibility index (Phi) is 5.48. The van der Waals surface area contributed by atoms with Crippen molar-refractivity contribution in [3.05, 3.63) is 88.0 Å². The summed E-state index contributed by atoms with van der Waals surface area (Å²) >= 11 is 0. The number of carbonyl (C=O) groups is 2. The second-order valence-corrected chi connectivity index (χ2v) is 8.47. The molecule has 3 aromatic carbocycles. The average molecular weight is 502 g/mol. The summed E-state index contributed by atoms with van der Waals surface area (Å²) in [5.74, 6) is 0.406. The molecule has 2 aliphatic rings. The van der Waals surface area contributed by atoms with Crippen molar-refractivity contribution in [1.29, 1.82) is 0 Å². The van der Waals surface area contributed by atoms with Crippen LogP contribution < -0.4 is 29.7 Å². The Labute approximate surface area is 208 Å². The van der Waals surface area contributed by atoms with Gasteiger partial charge in [-0.3, -0.25) is 14.4 Å². The maximum absolute atomic E-state index is 13.4. The van der Waals surface area contributed by atoms with Crippen LogP contribution in [0.5, 0.6) is 23.0 Å². The van der Waals surface area contributed by atoms with Crippen molar-refractivity contribution in [2.75, 3.05) is 25.3 Å². The number of ether oxygens (including phenoxy) is 4. The third kappa shape index (κ3) is 4.22. The van der Waals surface area contributed by atoms with Crippen LogP contribution in [0.25, 0.3) is 10.9 Å². The lowest BCUT2D eigenvalue weighted by molar-refractivity contribution is -0.116. The Balaban J connectivity index is 1.38. The number of amides is 1. The van der Waals surface area contributed by atoms with E-state index in [1.165, 1.54) is 29.0 Å². The third-order valence-electron chi connectivity index (χ3n) is 6.07. The summed E-state index contributed by atoms with van der Waals surface area (Å²) in [6.45, 7) is 0.644. The largest absolute Gasteiger partial charge is 0.486 e. The number of halogens is 1.